The van der Waals surface area contributed by atoms with Gasteiger partial charge in [0.25, 0.3) is 0 Å². The fourth-order valence-corrected chi connectivity index (χ4v) is 12.5. The van der Waals surface area contributed by atoms with Gasteiger partial charge in [0.2, 0.25) is 5.71 Å². The van der Waals surface area contributed by atoms with Crippen LogP contribution in [0.25, 0.3) is 88.5 Å². The summed E-state index contributed by atoms with van der Waals surface area (Å²) in [5.41, 5.74) is 14.8. The molecule has 14 rings (SSSR count). The maximum absolute atomic E-state index is 6.41. The minimum atomic E-state index is 0.114. The number of hydrogen-bond acceptors (Lipinski definition) is 3. The molecule has 4 saturated carbocycles. The highest BCUT2D eigenvalue weighted by Crippen LogP contribution is 2.69. The van der Waals surface area contributed by atoms with Gasteiger partial charge in [0, 0.05) is 21.9 Å². The standard InChI is InChI=1S/C52H38N2O/c1-2-12-32(13-3-1)48-50(54-51-49(53-48)42-19-9-11-21-45(42)55-51)47-40-17-6-4-15-38(40)46(39-16-5-7-18-41(39)47)33-22-23-37-36-14-8-10-20-43(36)52(44(37)29-33)34-25-30-24-31(27-34)28-35(52)26-30/h1-23,29-31,34-35H,24-28H2. The van der Waals surface area contributed by atoms with Crippen LogP contribution in [0.4, 0.5) is 0 Å². The first-order chi connectivity index (χ1) is 27.2. The largest absolute Gasteiger partial charge is 0.436 e. The van der Waals surface area contributed by atoms with Crippen LogP contribution in [-0.2, 0) is 5.41 Å². The van der Waals surface area contributed by atoms with Crippen molar-refractivity contribution >= 4 is 43.7 Å². The van der Waals surface area contributed by atoms with Gasteiger partial charge in [-0.25, -0.2) is 9.97 Å². The van der Waals surface area contributed by atoms with E-state index in [0.717, 1.165) is 62.7 Å². The number of benzene rings is 7. The lowest BCUT2D eigenvalue weighted by Crippen LogP contribution is -2.55. The molecular formula is C52H38N2O. The lowest BCUT2D eigenvalue weighted by molar-refractivity contribution is -0.0399. The minimum Gasteiger partial charge on any atom is -0.436 e. The molecule has 55 heavy (non-hydrogen) atoms. The zero-order chi connectivity index (χ0) is 35.8. The fourth-order valence-electron chi connectivity index (χ4n) is 12.5. The van der Waals surface area contributed by atoms with Crippen LogP contribution in [0.5, 0.6) is 0 Å². The average Bonchev–Trinajstić information content (AvgIpc) is 3.74. The number of nitrogens with zero attached hydrogens (tertiary/aromatic N) is 2. The van der Waals surface area contributed by atoms with Crippen LogP contribution >= 0.6 is 0 Å². The van der Waals surface area contributed by atoms with E-state index in [-0.39, 0.29) is 5.41 Å². The summed E-state index contributed by atoms with van der Waals surface area (Å²) >= 11 is 0. The van der Waals surface area contributed by atoms with Crippen LogP contribution in [-0.4, -0.2) is 9.97 Å². The van der Waals surface area contributed by atoms with Crippen molar-refractivity contribution in [3.63, 3.8) is 0 Å². The third-order valence-corrected chi connectivity index (χ3v) is 14.3. The molecule has 3 nitrogen and oxygen atoms in total. The molecular weight excluding hydrogens is 669 g/mol. The van der Waals surface area contributed by atoms with Gasteiger partial charge >= 0.3 is 0 Å². The Bertz CT molecular complexity index is 2980. The van der Waals surface area contributed by atoms with Crippen molar-refractivity contribution in [2.75, 3.05) is 0 Å². The van der Waals surface area contributed by atoms with Gasteiger partial charge in [0.05, 0.1) is 5.69 Å². The Labute approximate surface area is 319 Å². The summed E-state index contributed by atoms with van der Waals surface area (Å²) in [6, 6.07) is 53.5. The average molecular weight is 707 g/mol. The lowest BCUT2D eigenvalue weighted by Gasteiger charge is -2.61. The molecule has 0 N–H and O–H groups in total. The fraction of sp³-hybridized carbons (Fsp3) is 0.192. The van der Waals surface area contributed by atoms with Crippen LogP contribution in [0.15, 0.2) is 150 Å². The zero-order valence-corrected chi connectivity index (χ0v) is 30.5. The minimum absolute atomic E-state index is 0.114. The molecule has 7 aromatic carbocycles. The van der Waals surface area contributed by atoms with Crippen molar-refractivity contribution < 1.29 is 4.42 Å². The van der Waals surface area contributed by atoms with E-state index in [1.165, 1.54) is 75.9 Å². The molecule has 2 aromatic heterocycles. The van der Waals surface area contributed by atoms with Gasteiger partial charge in [-0.1, -0.05) is 127 Å². The molecule has 0 aliphatic heterocycles. The van der Waals surface area contributed by atoms with Crippen LogP contribution in [0, 0.1) is 23.7 Å². The monoisotopic (exact) mass is 706 g/mol. The second-order valence-corrected chi connectivity index (χ2v) is 16.9. The first-order valence-electron chi connectivity index (χ1n) is 20.2. The SMILES string of the molecule is c1ccc(-c2nc3c(nc2-c2c4ccccc4c(-c4ccc5c(c4)C4(c6ccccc6-5)C5CC6CC(C5)CC4C6)c4ccccc24)oc2ccccc23)cc1. The van der Waals surface area contributed by atoms with E-state index in [1.807, 2.05) is 18.2 Å². The Morgan fingerprint density at radius 1 is 0.455 bits per heavy atom. The van der Waals surface area contributed by atoms with Crippen LogP contribution in [0.3, 0.4) is 0 Å². The van der Waals surface area contributed by atoms with Gasteiger partial charge in [0.15, 0.2) is 0 Å². The number of furan rings is 1. The maximum atomic E-state index is 6.41. The Kier molecular flexibility index (Phi) is 6.06. The molecule has 9 aromatic rings. The molecule has 5 aliphatic rings. The van der Waals surface area contributed by atoms with Crippen molar-refractivity contribution in [1.29, 1.82) is 0 Å². The predicted octanol–water partition coefficient (Wildman–Crippen LogP) is 13.4. The van der Waals surface area contributed by atoms with Crippen LogP contribution in [0.2, 0.25) is 0 Å². The quantitative estimate of drug-likeness (QED) is 0.172. The summed E-state index contributed by atoms with van der Waals surface area (Å²) in [4.78, 5) is 10.8. The Morgan fingerprint density at radius 2 is 1.04 bits per heavy atom. The van der Waals surface area contributed by atoms with E-state index in [2.05, 4.69) is 127 Å². The Morgan fingerprint density at radius 3 is 1.75 bits per heavy atom. The number of para-hydroxylation sites is 1. The van der Waals surface area contributed by atoms with Crippen molar-refractivity contribution in [2.45, 2.75) is 37.5 Å². The highest BCUT2D eigenvalue weighted by Gasteiger charge is 2.61. The number of aromatic nitrogens is 2. The van der Waals surface area contributed by atoms with Crippen molar-refractivity contribution in [3.8, 4) is 44.8 Å². The second-order valence-electron chi connectivity index (χ2n) is 16.9. The third kappa shape index (κ3) is 4.01. The van der Waals surface area contributed by atoms with Crippen molar-refractivity contribution in [2.24, 2.45) is 23.7 Å². The molecule has 5 aliphatic carbocycles. The van der Waals surface area contributed by atoms with Crippen molar-refractivity contribution in [1.82, 2.24) is 9.97 Å². The first kappa shape index (κ1) is 30.3. The number of hydrogen-bond donors (Lipinski definition) is 0. The molecule has 4 fully saturated rings. The van der Waals surface area contributed by atoms with Gasteiger partial charge in [0.1, 0.15) is 16.8 Å². The molecule has 0 unspecified atom stereocenters. The molecule has 0 saturated heterocycles. The van der Waals surface area contributed by atoms with Crippen LogP contribution in [0.1, 0.15) is 43.2 Å². The first-order valence-corrected chi connectivity index (χ1v) is 20.2. The summed E-state index contributed by atoms with van der Waals surface area (Å²) in [5.74, 6) is 3.27. The molecule has 1 spiro atoms. The Hall–Kier alpha value is -6.06. The van der Waals surface area contributed by atoms with Gasteiger partial charge in [-0.3, -0.25) is 0 Å². The van der Waals surface area contributed by atoms with Gasteiger partial charge in [-0.15, -0.1) is 0 Å². The molecule has 0 atom stereocenters. The van der Waals surface area contributed by atoms with E-state index in [1.54, 1.807) is 11.1 Å². The molecule has 0 radical (unpaired) electrons. The maximum Gasteiger partial charge on any atom is 0.246 e. The molecule has 4 bridgehead atoms. The molecule has 0 amide bonds. The normalized spacial score (nSPS) is 23.3. The summed E-state index contributed by atoms with van der Waals surface area (Å²) in [6.45, 7) is 0. The summed E-state index contributed by atoms with van der Waals surface area (Å²) in [6.07, 6.45) is 6.98. The molecule has 2 heterocycles. The highest BCUT2D eigenvalue weighted by atomic mass is 16.3. The topological polar surface area (TPSA) is 38.9 Å². The van der Waals surface area contributed by atoms with Gasteiger partial charge < -0.3 is 4.42 Å². The third-order valence-electron chi connectivity index (χ3n) is 14.3. The number of fused-ring (bicyclic) bond motifs is 8. The van der Waals surface area contributed by atoms with E-state index >= 15 is 0 Å². The van der Waals surface area contributed by atoms with E-state index < -0.39 is 0 Å². The van der Waals surface area contributed by atoms with Crippen molar-refractivity contribution in [3.05, 3.63) is 157 Å². The molecule has 3 heteroatoms. The Balaban J connectivity index is 1.09. The van der Waals surface area contributed by atoms with E-state index in [4.69, 9.17) is 14.4 Å². The smallest absolute Gasteiger partial charge is 0.246 e. The summed E-state index contributed by atoms with van der Waals surface area (Å²) in [7, 11) is 0. The van der Waals surface area contributed by atoms with E-state index in [9.17, 15) is 0 Å². The van der Waals surface area contributed by atoms with Gasteiger partial charge in [-0.05, 0) is 129 Å². The summed E-state index contributed by atoms with van der Waals surface area (Å²) in [5, 5.41) is 5.79. The van der Waals surface area contributed by atoms with E-state index in [0.29, 0.717) is 5.71 Å². The van der Waals surface area contributed by atoms with Gasteiger partial charge in [-0.2, -0.15) is 0 Å². The number of rotatable bonds is 3. The molecule has 262 valence electrons. The zero-order valence-electron chi connectivity index (χ0n) is 30.5. The second kappa shape index (κ2) is 11.0. The lowest BCUT2D eigenvalue weighted by atomic mass is 9.43. The summed E-state index contributed by atoms with van der Waals surface area (Å²) < 4.78 is 6.41. The predicted molar refractivity (Wildman–Crippen MR) is 224 cm³/mol. The highest BCUT2D eigenvalue weighted by molar-refractivity contribution is 6.22. The van der Waals surface area contributed by atoms with Crippen LogP contribution < -0.4 is 0 Å².